The molecule has 4 fully saturated rings. The molecule has 2 unspecified atom stereocenters. The molecule has 3 aliphatic carbocycles. The van der Waals surface area contributed by atoms with Crippen molar-refractivity contribution in [2.75, 3.05) is 7.11 Å². The molecule has 0 amide bonds. The van der Waals surface area contributed by atoms with Crippen molar-refractivity contribution in [3.8, 4) is 0 Å². The normalized spacial score (nSPS) is 50.3. The Morgan fingerprint density at radius 1 is 1.12 bits per heavy atom. The minimum Gasteiger partial charge on any atom is -0.469 e. The molecule has 1 saturated heterocycles. The third-order valence-electron chi connectivity index (χ3n) is 8.30. The number of hydrogen-bond acceptors (Lipinski definition) is 4. The lowest BCUT2D eigenvalue weighted by Crippen LogP contribution is -2.61. The number of carbonyl (C=O) groups excluding carboxylic acids is 2. The van der Waals surface area contributed by atoms with Gasteiger partial charge in [0.25, 0.3) is 0 Å². The Bertz CT molecular complexity index is 572. The van der Waals surface area contributed by atoms with Crippen molar-refractivity contribution in [2.24, 2.45) is 28.1 Å². The van der Waals surface area contributed by atoms with Gasteiger partial charge in [0.2, 0.25) is 0 Å². The zero-order chi connectivity index (χ0) is 17.2. The number of carbonyl (C=O) groups is 2. The van der Waals surface area contributed by atoms with E-state index in [4.69, 9.17) is 9.47 Å². The van der Waals surface area contributed by atoms with Crippen LogP contribution in [0, 0.1) is 28.1 Å². The van der Waals surface area contributed by atoms with Gasteiger partial charge in [0.1, 0.15) is 6.10 Å². The molecular formula is C20H30O4. The summed E-state index contributed by atoms with van der Waals surface area (Å²) in [7, 11) is 1.52. The lowest BCUT2D eigenvalue weighted by atomic mass is 9.39. The van der Waals surface area contributed by atoms with Crippen molar-refractivity contribution >= 4 is 11.9 Å². The van der Waals surface area contributed by atoms with Gasteiger partial charge in [-0.3, -0.25) is 9.59 Å². The molecule has 3 saturated carbocycles. The van der Waals surface area contributed by atoms with Crippen LogP contribution in [0.2, 0.25) is 0 Å². The van der Waals surface area contributed by atoms with Gasteiger partial charge < -0.3 is 9.47 Å². The first-order valence-electron chi connectivity index (χ1n) is 9.62. The Morgan fingerprint density at radius 3 is 2.67 bits per heavy atom. The quantitative estimate of drug-likeness (QED) is 0.683. The fourth-order valence-corrected chi connectivity index (χ4v) is 7.45. The van der Waals surface area contributed by atoms with Gasteiger partial charge in [-0.25, -0.2) is 0 Å². The molecule has 4 aliphatic rings. The van der Waals surface area contributed by atoms with E-state index in [1.165, 1.54) is 13.5 Å². The van der Waals surface area contributed by atoms with E-state index in [0.29, 0.717) is 18.3 Å². The minimum atomic E-state index is -0.366. The van der Waals surface area contributed by atoms with Gasteiger partial charge in [-0.05, 0) is 74.5 Å². The molecule has 2 bridgehead atoms. The summed E-state index contributed by atoms with van der Waals surface area (Å²) in [5, 5.41) is 0. The summed E-state index contributed by atoms with van der Waals surface area (Å²) in [6.45, 7) is 4.53. The first-order valence-corrected chi connectivity index (χ1v) is 9.62. The largest absolute Gasteiger partial charge is 0.469 e. The second kappa shape index (κ2) is 5.22. The summed E-state index contributed by atoms with van der Waals surface area (Å²) in [6, 6.07) is 0. The molecule has 0 radical (unpaired) electrons. The maximum Gasteiger partial charge on any atom is 0.311 e. The second-order valence-corrected chi connectivity index (χ2v) is 9.34. The SMILES string of the molecule is COC(=O)[C@]1(C)CCC[C@@]2(C)C3CC[C@@H]4C[C@@]3(CCC21)CC(=O)O4. The van der Waals surface area contributed by atoms with Crippen molar-refractivity contribution < 1.29 is 19.1 Å². The standard InChI is InChI=1S/C20H30O4/c1-18-8-4-9-19(2,17(22)23-3)14(18)7-10-20-11-13(5-6-15(18)20)24-16(21)12-20/h13-15H,4-12H2,1-3H3/t13-,14?,15?,18-,19-,20+/m1/s1. The maximum absolute atomic E-state index is 12.6. The van der Waals surface area contributed by atoms with Crippen molar-refractivity contribution in [2.45, 2.75) is 77.7 Å². The van der Waals surface area contributed by atoms with Crippen molar-refractivity contribution in [3.05, 3.63) is 0 Å². The summed E-state index contributed by atoms with van der Waals surface area (Å²) in [6.07, 6.45) is 9.20. The number of fused-ring (bicyclic) bond motifs is 3. The Labute approximate surface area is 144 Å². The fourth-order valence-electron chi connectivity index (χ4n) is 7.45. The van der Waals surface area contributed by atoms with Gasteiger partial charge in [0.05, 0.1) is 18.9 Å². The average molecular weight is 334 g/mol. The molecule has 4 heteroatoms. The molecule has 4 rings (SSSR count). The number of ether oxygens (including phenoxy) is 2. The highest BCUT2D eigenvalue weighted by atomic mass is 16.5. The Morgan fingerprint density at radius 2 is 1.92 bits per heavy atom. The molecule has 134 valence electrons. The summed E-state index contributed by atoms with van der Waals surface area (Å²) in [5.41, 5.74) is -0.102. The van der Waals surface area contributed by atoms with Crippen LogP contribution in [-0.4, -0.2) is 25.2 Å². The van der Waals surface area contributed by atoms with Crippen LogP contribution >= 0.6 is 0 Å². The van der Waals surface area contributed by atoms with E-state index in [1.54, 1.807) is 0 Å². The molecule has 4 nitrogen and oxygen atoms in total. The van der Waals surface area contributed by atoms with Gasteiger partial charge in [-0.2, -0.15) is 0 Å². The molecule has 0 aromatic heterocycles. The highest BCUT2D eigenvalue weighted by Gasteiger charge is 2.65. The molecule has 0 N–H and O–H groups in total. The van der Waals surface area contributed by atoms with Gasteiger partial charge in [0, 0.05) is 0 Å². The zero-order valence-corrected chi connectivity index (χ0v) is 15.2. The monoisotopic (exact) mass is 334 g/mol. The average Bonchev–Trinajstić information content (AvgIpc) is 2.52. The minimum absolute atomic E-state index is 0.00420. The topological polar surface area (TPSA) is 52.6 Å². The van der Waals surface area contributed by atoms with Gasteiger partial charge in [-0.15, -0.1) is 0 Å². The Hall–Kier alpha value is -1.06. The van der Waals surface area contributed by atoms with Crippen LogP contribution in [0.25, 0.3) is 0 Å². The van der Waals surface area contributed by atoms with Crippen LogP contribution in [0.5, 0.6) is 0 Å². The molecule has 1 heterocycles. The Kier molecular flexibility index (Phi) is 3.57. The number of hydrogen-bond donors (Lipinski definition) is 0. The van der Waals surface area contributed by atoms with E-state index in [-0.39, 0.29) is 34.3 Å². The molecule has 6 atom stereocenters. The van der Waals surface area contributed by atoms with E-state index >= 15 is 0 Å². The van der Waals surface area contributed by atoms with Gasteiger partial charge in [-0.1, -0.05) is 13.3 Å². The fraction of sp³-hybridized carbons (Fsp3) is 0.900. The zero-order valence-electron chi connectivity index (χ0n) is 15.2. The van der Waals surface area contributed by atoms with E-state index in [2.05, 4.69) is 13.8 Å². The number of esters is 2. The maximum atomic E-state index is 12.6. The highest BCUT2D eigenvalue weighted by molar-refractivity contribution is 5.77. The van der Waals surface area contributed by atoms with E-state index in [0.717, 1.165) is 44.9 Å². The van der Waals surface area contributed by atoms with Crippen LogP contribution in [-0.2, 0) is 19.1 Å². The Balaban J connectivity index is 1.72. The van der Waals surface area contributed by atoms with Crippen LogP contribution < -0.4 is 0 Å². The third kappa shape index (κ3) is 2.04. The van der Waals surface area contributed by atoms with Crippen LogP contribution in [0.3, 0.4) is 0 Å². The van der Waals surface area contributed by atoms with Crippen LogP contribution in [0.1, 0.15) is 71.6 Å². The molecular weight excluding hydrogens is 304 g/mol. The second-order valence-electron chi connectivity index (χ2n) is 9.34. The van der Waals surface area contributed by atoms with Crippen molar-refractivity contribution in [1.29, 1.82) is 0 Å². The molecule has 1 spiro atoms. The lowest BCUT2D eigenvalue weighted by molar-refractivity contribution is -0.213. The number of methoxy groups -OCH3 is 1. The molecule has 0 aromatic carbocycles. The van der Waals surface area contributed by atoms with Crippen LogP contribution in [0.15, 0.2) is 0 Å². The summed E-state index contributed by atoms with van der Waals surface area (Å²) >= 11 is 0. The van der Waals surface area contributed by atoms with Crippen LogP contribution in [0.4, 0.5) is 0 Å². The predicted octanol–water partition coefficient (Wildman–Crippen LogP) is 3.87. The van der Waals surface area contributed by atoms with E-state index in [9.17, 15) is 9.59 Å². The number of rotatable bonds is 1. The predicted molar refractivity (Wildman–Crippen MR) is 89.1 cm³/mol. The highest BCUT2D eigenvalue weighted by Crippen LogP contribution is 2.69. The summed E-state index contributed by atoms with van der Waals surface area (Å²) in [5.74, 6) is 0.879. The van der Waals surface area contributed by atoms with Gasteiger partial charge in [0.15, 0.2) is 0 Å². The summed E-state index contributed by atoms with van der Waals surface area (Å²) < 4.78 is 10.8. The smallest absolute Gasteiger partial charge is 0.311 e. The van der Waals surface area contributed by atoms with Crippen molar-refractivity contribution in [3.63, 3.8) is 0 Å². The molecule has 24 heavy (non-hydrogen) atoms. The van der Waals surface area contributed by atoms with E-state index < -0.39 is 0 Å². The first kappa shape index (κ1) is 16.4. The summed E-state index contributed by atoms with van der Waals surface area (Å²) in [4.78, 5) is 24.8. The third-order valence-corrected chi connectivity index (χ3v) is 8.30. The van der Waals surface area contributed by atoms with E-state index in [1.807, 2.05) is 0 Å². The van der Waals surface area contributed by atoms with Crippen molar-refractivity contribution in [1.82, 2.24) is 0 Å². The molecule has 1 aliphatic heterocycles. The van der Waals surface area contributed by atoms with Gasteiger partial charge >= 0.3 is 11.9 Å². The molecule has 0 aromatic rings. The lowest BCUT2D eigenvalue weighted by Gasteiger charge is -2.65. The first-order chi connectivity index (χ1) is 11.3.